The minimum atomic E-state index is -4.38. The molecule has 1 aliphatic rings. The van der Waals surface area contributed by atoms with E-state index in [1.165, 1.54) is 12.1 Å². The lowest BCUT2D eigenvalue weighted by Gasteiger charge is -2.34. The van der Waals surface area contributed by atoms with Crippen molar-refractivity contribution in [1.82, 2.24) is 15.0 Å². The van der Waals surface area contributed by atoms with Gasteiger partial charge in [0.15, 0.2) is 17.5 Å². The second-order valence-electron chi connectivity index (χ2n) is 13.1. The lowest BCUT2D eigenvalue weighted by atomic mass is 9.67. The zero-order valence-corrected chi connectivity index (χ0v) is 28.3. The summed E-state index contributed by atoms with van der Waals surface area (Å²) in [6.45, 7) is 0. The predicted molar refractivity (Wildman–Crippen MR) is 204 cm³/mol. The molecule has 1 heterocycles. The minimum Gasteiger partial charge on any atom is -0.208 e. The highest BCUT2D eigenvalue weighted by atomic mass is 19.4. The molecule has 0 saturated carbocycles. The van der Waals surface area contributed by atoms with E-state index >= 15 is 0 Å². The Morgan fingerprint density at radius 1 is 0.340 bits per heavy atom. The molecule has 0 bridgehead atoms. The molecule has 1 aliphatic carbocycles. The smallest absolute Gasteiger partial charge is 0.208 e. The van der Waals surface area contributed by atoms with Crippen LogP contribution in [0.25, 0.3) is 56.4 Å². The van der Waals surface area contributed by atoms with Crippen LogP contribution in [0.15, 0.2) is 182 Å². The van der Waals surface area contributed by atoms with Gasteiger partial charge in [-0.3, -0.25) is 0 Å². The highest BCUT2D eigenvalue weighted by Gasteiger charge is 2.45. The van der Waals surface area contributed by atoms with Crippen molar-refractivity contribution in [2.24, 2.45) is 0 Å². The van der Waals surface area contributed by atoms with Gasteiger partial charge in [0.25, 0.3) is 0 Å². The van der Waals surface area contributed by atoms with E-state index in [0.717, 1.165) is 73.3 Å². The van der Waals surface area contributed by atoms with Gasteiger partial charge in [0.1, 0.15) is 0 Å². The Bertz CT molecular complexity index is 2460. The molecular weight excluding hydrogens is 664 g/mol. The highest BCUT2D eigenvalue weighted by Crippen LogP contribution is 2.56. The molecule has 7 aromatic carbocycles. The van der Waals surface area contributed by atoms with Crippen LogP contribution in [0.3, 0.4) is 0 Å². The lowest BCUT2D eigenvalue weighted by Crippen LogP contribution is -2.28. The van der Waals surface area contributed by atoms with Crippen molar-refractivity contribution < 1.29 is 13.2 Å². The predicted octanol–water partition coefficient (Wildman–Crippen LogP) is 11.9. The maximum absolute atomic E-state index is 13.3. The molecule has 6 heteroatoms. The van der Waals surface area contributed by atoms with E-state index in [0.29, 0.717) is 17.5 Å². The van der Waals surface area contributed by atoms with Crippen LogP contribution in [0.5, 0.6) is 0 Å². The fourth-order valence-corrected chi connectivity index (χ4v) is 7.60. The van der Waals surface area contributed by atoms with E-state index in [1.807, 2.05) is 72.8 Å². The highest BCUT2D eigenvalue weighted by molar-refractivity contribution is 5.86. The summed E-state index contributed by atoms with van der Waals surface area (Å²) >= 11 is 0. The average Bonchev–Trinajstić information content (AvgIpc) is 3.52. The molecule has 9 rings (SSSR count). The zero-order chi connectivity index (χ0) is 36.0. The summed E-state index contributed by atoms with van der Waals surface area (Å²) in [7, 11) is 0. The van der Waals surface area contributed by atoms with Crippen LogP contribution in [0, 0.1) is 0 Å². The van der Waals surface area contributed by atoms with E-state index in [1.54, 1.807) is 0 Å². The van der Waals surface area contributed by atoms with Gasteiger partial charge < -0.3 is 0 Å². The van der Waals surface area contributed by atoms with Gasteiger partial charge in [-0.05, 0) is 56.6 Å². The molecule has 0 atom stereocenters. The van der Waals surface area contributed by atoms with Crippen LogP contribution in [0.1, 0.15) is 27.8 Å². The lowest BCUT2D eigenvalue weighted by molar-refractivity contribution is -0.137. The summed E-state index contributed by atoms with van der Waals surface area (Å²) < 4.78 is 39.8. The quantitative estimate of drug-likeness (QED) is 0.174. The molecule has 0 unspecified atom stereocenters. The number of benzene rings is 7. The summed E-state index contributed by atoms with van der Waals surface area (Å²) in [5, 5.41) is 0. The Balaban J connectivity index is 1.18. The third-order valence-electron chi connectivity index (χ3n) is 10.1. The second kappa shape index (κ2) is 12.8. The molecule has 0 spiro atoms. The van der Waals surface area contributed by atoms with Gasteiger partial charge in [0, 0.05) is 16.7 Å². The number of hydrogen-bond donors (Lipinski definition) is 0. The fourth-order valence-electron chi connectivity index (χ4n) is 7.60. The molecule has 0 saturated heterocycles. The van der Waals surface area contributed by atoms with E-state index in [4.69, 9.17) is 15.0 Å². The minimum absolute atomic E-state index is 0.575. The fraction of sp³-hybridized carbons (Fsp3) is 0.0426. The van der Waals surface area contributed by atoms with Crippen LogP contribution >= 0.6 is 0 Å². The van der Waals surface area contributed by atoms with E-state index in [-0.39, 0.29) is 0 Å². The zero-order valence-electron chi connectivity index (χ0n) is 28.3. The van der Waals surface area contributed by atoms with E-state index < -0.39 is 17.2 Å². The first-order valence-electron chi connectivity index (χ1n) is 17.3. The number of aromatic nitrogens is 3. The van der Waals surface area contributed by atoms with E-state index in [9.17, 15) is 13.2 Å². The number of nitrogens with zero attached hydrogens (tertiary/aromatic N) is 3. The van der Waals surface area contributed by atoms with Crippen molar-refractivity contribution in [2.75, 3.05) is 0 Å². The first-order valence-corrected chi connectivity index (χ1v) is 17.3. The molecule has 0 amide bonds. The molecule has 0 fully saturated rings. The Morgan fingerprint density at radius 2 is 0.679 bits per heavy atom. The molecule has 0 N–H and O–H groups in total. The molecule has 0 aliphatic heterocycles. The first-order chi connectivity index (χ1) is 25.9. The average molecular weight is 694 g/mol. The largest absolute Gasteiger partial charge is 0.416 e. The Hall–Kier alpha value is -6.66. The van der Waals surface area contributed by atoms with Crippen molar-refractivity contribution in [3.05, 3.63) is 210 Å². The van der Waals surface area contributed by atoms with E-state index in [2.05, 4.69) is 84.9 Å². The third-order valence-corrected chi connectivity index (χ3v) is 10.1. The molecule has 1 aromatic heterocycles. The summed E-state index contributed by atoms with van der Waals surface area (Å²) in [5.41, 5.74) is 9.68. The van der Waals surface area contributed by atoms with Crippen LogP contribution in [0.4, 0.5) is 13.2 Å². The topological polar surface area (TPSA) is 38.7 Å². The van der Waals surface area contributed by atoms with Gasteiger partial charge >= 0.3 is 6.18 Å². The van der Waals surface area contributed by atoms with Crippen molar-refractivity contribution in [2.45, 2.75) is 11.6 Å². The number of alkyl halides is 3. The second-order valence-corrected chi connectivity index (χ2v) is 13.1. The van der Waals surface area contributed by atoms with Gasteiger partial charge in [0.05, 0.1) is 11.0 Å². The SMILES string of the molecule is FC(F)(F)c1ccc(-c2ccc(C3(c4ccc(-c5nc(-c6ccccc6)nc(-c6ccccc6)n5)cc4)c4ccccc4-c4ccccc43)cc2)cc1. The number of halogens is 3. The number of fused-ring (bicyclic) bond motifs is 3. The van der Waals surface area contributed by atoms with Crippen LogP contribution in [0.2, 0.25) is 0 Å². The Labute approximate surface area is 305 Å². The first kappa shape index (κ1) is 32.3. The summed E-state index contributed by atoms with van der Waals surface area (Å²) in [5.74, 6) is 1.77. The normalized spacial score (nSPS) is 13.0. The van der Waals surface area contributed by atoms with Crippen molar-refractivity contribution in [3.63, 3.8) is 0 Å². The third kappa shape index (κ3) is 5.60. The molecule has 53 heavy (non-hydrogen) atoms. The monoisotopic (exact) mass is 693 g/mol. The maximum atomic E-state index is 13.3. The van der Waals surface area contributed by atoms with Crippen molar-refractivity contribution >= 4 is 0 Å². The van der Waals surface area contributed by atoms with Crippen LogP contribution in [-0.4, -0.2) is 15.0 Å². The number of rotatable bonds is 6. The summed E-state index contributed by atoms with van der Waals surface area (Å²) in [6, 6.07) is 58.8. The molecule has 254 valence electrons. The number of hydrogen-bond acceptors (Lipinski definition) is 3. The van der Waals surface area contributed by atoms with Crippen LogP contribution < -0.4 is 0 Å². The maximum Gasteiger partial charge on any atom is 0.416 e. The van der Waals surface area contributed by atoms with Gasteiger partial charge in [-0.1, -0.05) is 170 Å². The molecule has 8 aromatic rings. The Kier molecular flexibility index (Phi) is 7.81. The van der Waals surface area contributed by atoms with Gasteiger partial charge in [0.2, 0.25) is 0 Å². The van der Waals surface area contributed by atoms with Gasteiger partial charge in [-0.15, -0.1) is 0 Å². The van der Waals surface area contributed by atoms with Crippen molar-refractivity contribution in [1.29, 1.82) is 0 Å². The van der Waals surface area contributed by atoms with Gasteiger partial charge in [-0.2, -0.15) is 13.2 Å². The molecule has 3 nitrogen and oxygen atoms in total. The molecule has 0 radical (unpaired) electrons. The van der Waals surface area contributed by atoms with Crippen LogP contribution in [-0.2, 0) is 11.6 Å². The van der Waals surface area contributed by atoms with Crippen molar-refractivity contribution in [3.8, 4) is 56.4 Å². The molecular formula is C47H30F3N3. The standard InChI is InChI=1S/C47H30F3N3/c48-47(49,50)38-29-21-32(22-30-38)31-19-25-36(26-20-31)46(41-17-9-7-15-39(41)40-16-8-10-18-42(40)46)37-27-23-35(24-28-37)45-52-43(33-11-3-1-4-12-33)51-44(53-45)34-13-5-2-6-14-34/h1-30H. The summed E-state index contributed by atoms with van der Waals surface area (Å²) in [6.07, 6.45) is -4.38. The Morgan fingerprint density at radius 3 is 1.09 bits per heavy atom. The summed E-state index contributed by atoms with van der Waals surface area (Å²) in [4.78, 5) is 14.7. The van der Waals surface area contributed by atoms with Gasteiger partial charge in [-0.25, -0.2) is 15.0 Å².